The molecule has 0 aromatic carbocycles. The molecule has 7 fully saturated rings. The molecule has 3 aliphatic carbocycles. The zero-order valence-corrected chi connectivity index (χ0v) is 28.9. The van der Waals surface area contributed by atoms with E-state index in [1.54, 1.807) is 13.8 Å². The van der Waals surface area contributed by atoms with Gasteiger partial charge in [0.25, 0.3) is 0 Å². The molecule has 0 amide bonds. The van der Waals surface area contributed by atoms with Gasteiger partial charge < -0.3 is 44.1 Å². The maximum absolute atomic E-state index is 12.0. The molecule has 4 heterocycles. The summed E-state index contributed by atoms with van der Waals surface area (Å²) in [7, 11) is 0. The fourth-order valence-corrected chi connectivity index (χ4v) is 10.5. The van der Waals surface area contributed by atoms with E-state index in [4.69, 9.17) is 23.7 Å². The lowest BCUT2D eigenvalue weighted by molar-refractivity contribution is -0.412. The molecule has 5 unspecified atom stereocenters. The lowest BCUT2D eigenvalue weighted by atomic mass is 9.58. The van der Waals surface area contributed by atoms with Crippen LogP contribution in [-0.4, -0.2) is 74.1 Å². The molecule has 4 N–H and O–H groups in total. The molecule has 10 heteroatoms. The number of rotatable bonds is 2. The van der Waals surface area contributed by atoms with E-state index < -0.39 is 35.4 Å². The predicted octanol–water partition coefficient (Wildman–Crippen LogP) is 4.98. The Balaban J connectivity index is 0.000000167. The summed E-state index contributed by atoms with van der Waals surface area (Å²) in [6.07, 6.45) is 10.2. The second-order valence-electron chi connectivity index (χ2n) is 16.6. The second-order valence-corrected chi connectivity index (χ2v) is 16.6. The average Bonchev–Trinajstić information content (AvgIpc) is 3.16. The Labute approximate surface area is 274 Å². The standard InChI is InChI=1S/C21H36O5.C15H24O5/c1-13-9-10-17-14(2)18(24-15-7-5-4-6-8-15)25-19-21(17,23)16(13)11-12-20(3,22)26-19;1-8-4-5-11-9(2)12(16)19-13-15(11,18)10(8)6-7-14(3,17)20-13/h13-19,22-23H,4-12H2,1-3H3;8-11,13,17-18H,4-7H2,1-3H3/t13-,14-,16?,17?,18?,19-,20+,21-;8-,9-,10?,11?,13-,14+,15-/m11/s1. The van der Waals surface area contributed by atoms with Crippen LogP contribution in [0, 0.1) is 47.3 Å². The third-order valence-electron chi connectivity index (χ3n) is 13.3. The van der Waals surface area contributed by atoms with Crippen molar-refractivity contribution in [3.8, 4) is 0 Å². The third-order valence-corrected chi connectivity index (χ3v) is 13.3. The van der Waals surface area contributed by atoms with Crippen molar-refractivity contribution < 1.29 is 48.9 Å². The minimum atomic E-state index is -1.36. The fraction of sp³-hybridized carbons (Fsp3) is 0.972. The number of hydrogen-bond donors (Lipinski definition) is 4. The van der Waals surface area contributed by atoms with Gasteiger partial charge in [-0.1, -0.05) is 47.0 Å². The van der Waals surface area contributed by atoms with Crippen molar-refractivity contribution in [3.05, 3.63) is 0 Å². The number of carbonyl (C=O) groups is 1. The molecular weight excluding hydrogens is 592 g/mol. The van der Waals surface area contributed by atoms with E-state index in [0.29, 0.717) is 31.1 Å². The van der Waals surface area contributed by atoms with Crippen LogP contribution < -0.4 is 0 Å². The molecule has 15 atom stereocenters. The van der Waals surface area contributed by atoms with Gasteiger partial charge in [-0.3, -0.25) is 4.79 Å². The van der Waals surface area contributed by atoms with E-state index >= 15 is 0 Å². The van der Waals surface area contributed by atoms with Gasteiger partial charge in [-0.2, -0.15) is 0 Å². The molecule has 0 bridgehead atoms. The molecular formula is C36H60O10. The molecule has 3 saturated carbocycles. The molecule has 0 spiro atoms. The molecule has 264 valence electrons. The van der Waals surface area contributed by atoms with E-state index in [2.05, 4.69) is 20.8 Å². The molecule has 0 aromatic heterocycles. The lowest BCUT2D eigenvalue weighted by Gasteiger charge is -2.57. The van der Waals surface area contributed by atoms with E-state index in [0.717, 1.165) is 44.9 Å². The molecule has 4 aliphatic heterocycles. The fourth-order valence-electron chi connectivity index (χ4n) is 10.5. The van der Waals surface area contributed by atoms with Gasteiger partial charge in [-0.15, -0.1) is 0 Å². The van der Waals surface area contributed by atoms with Gasteiger partial charge in [0.1, 0.15) is 11.2 Å². The van der Waals surface area contributed by atoms with Crippen LogP contribution in [0.1, 0.15) is 125 Å². The van der Waals surface area contributed by atoms with Crippen molar-refractivity contribution in [1.82, 2.24) is 0 Å². The number of ether oxygens (including phenoxy) is 5. The normalized spacial score (nSPS) is 54.1. The Morgan fingerprint density at radius 3 is 1.76 bits per heavy atom. The number of esters is 1. The average molecular weight is 653 g/mol. The van der Waals surface area contributed by atoms with Gasteiger partial charge in [0, 0.05) is 30.6 Å². The van der Waals surface area contributed by atoms with E-state index in [-0.39, 0.29) is 53.9 Å². The molecule has 7 rings (SSSR count). The van der Waals surface area contributed by atoms with Crippen LogP contribution in [0.4, 0.5) is 0 Å². The van der Waals surface area contributed by atoms with Crippen molar-refractivity contribution in [3.63, 3.8) is 0 Å². The van der Waals surface area contributed by atoms with Crippen LogP contribution in [0.25, 0.3) is 0 Å². The smallest absolute Gasteiger partial charge is 0.311 e. The Bertz CT molecular complexity index is 1090. The largest absolute Gasteiger partial charge is 0.432 e. The summed E-state index contributed by atoms with van der Waals surface area (Å²) in [5.41, 5.74) is -2.21. The van der Waals surface area contributed by atoms with Gasteiger partial charge in [-0.05, 0) is 88.9 Å². The summed E-state index contributed by atoms with van der Waals surface area (Å²) in [6, 6.07) is 0. The SMILES string of the molecule is C[C@@H]1CCC2[C@@H](C)C(=O)O[C@@H]3O[C@](C)(O)CCC1[C@@]23O.C[C@H]1C(OC2CCCCC2)O[C@@H]2O[C@](C)(O)CCC3[C@H](C)CCC1[C@]32O. The van der Waals surface area contributed by atoms with Crippen LogP contribution in [0.5, 0.6) is 0 Å². The Morgan fingerprint density at radius 1 is 0.652 bits per heavy atom. The zero-order chi connectivity index (χ0) is 33.2. The van der Waals surface area contributed by atoms with Gasteiger partial charge in [0.2, 0.25) is 6.29 Å². The summed E-state index contributed by atoms with van der Waals surface area (Å²) in [5.74, 6) is -2.39. The quantitative estimate of drug-likeness (QED) is 0.302. The monoisotopic (exact) mass is 652 g/mol. The van der Waals surface area contributed by atoms with Gasteiger partial charge in [0.15, 0.2) is 24.2 Å². The van der Waals surface area contributed by atoms with E-state index in [1.807, 2.05) is 6.92 Å². The molecule has 46 heavy (non-hydrogen) atoms. The molecule has 7 aliphatic rings. The maximum atomic E-state index is 12.0. The van der Waals surface area contributed by atoms with Crippen molar-refractivity contribution in [2.75, 3.05) is 0 Å². The Morgan fingerprint density at radius 2 is 1.17 bits per heavy atom. The van der Waals surface area contributed by atoms with Gasteiger partial charge in [0.05, 0.1) is 12.0 Å². The first-order valence-electron chi connectivity index (χ1n) is 18.3. The topological polar surface area (TPSA) is 144 Å². The van der Waals surface area contributed by atoms with Gasteiger partial charge in [-0.25, -0.2) is 0 Å². The second kappa shape index (κ2) is 12.8. The Hall–Kier alpha value is -0.850. The first-order valence-corrected chi connectivity index (χ1v) is 18.3. The maximum Gasteiger partial charge on any atom is 0.311 e. The highest BCUT2D eigenvalue weighted by molar-refractivity contribution is 5.74. The van der Waals surface area contributed by atoms with Crippen LogP contribution in [0.15, 0.2) is 0 Å². The third kappa shape index (κ3) is 6.21. The molecule has 0 radical (unpaired) electrons. The number of hydrogen-bond acceptors (Lipinski definition) is 10. The highest BCUT2D eigenvalue weighted by Crippen LogP contribution is 2.57. The van der Waals surface area contributed by atoms with Crippen LogP contribution in [0.3, 0.4) is 0 Å². The van der Waals surface area contributed by atoms with Crippen LogP contribution >= 0.6 is 0 Å². The van der Waals surface area contributed by atoms with Crippen molar-refractivity contribution >= 4 is 5.97 Å². The summed E-state index contributed by atoms with van der Waals surface area (Å²) in [6.45, 7) is 11.6. The van der Waals surface area contributed by atoms with Crippen molar-refractivity contribution in [1.29, 1.82) is 0 Å². The van der Waals surface area contributed by atoms with E-state index in [9.17, 15) is 25.2 Å². The number of carbonyl (C=O) groups excluding carboxylic acids is 1. The van der Waals surface area contributed by atoms with Crippen molar-refractivity contribution in [2.24, 2.45) is 47.3 Å². The number of aliphatic hydroxyl groups is 4. The lowest BCUT2D eigenvalue weighted by Crippen LogP contribution is -2.67. The highest BCUT2D eigenvalue weighted by Gasteiger charge is 2.65. The first-order chi connectivity index (χ1) is 21.6. The minimum Gasteiger partial charge on any atom is -0.432 e. The zero-order valence-electron chi connectivity index (χ0n) is 28.9. The molecule has 10 nitrogen and oxygen atoms in total. The van der Waals surface area contributed by atoms with Crippen LogP contribution in [-0.2, 0) is 28.5 Å². The summed E-state index contributed by atoms with van der Waals surface area (Å²) in [4.78, 5) is 12.0. The first kappa shape index (κ1) is 35.0. The molecule has 4 saturated heterocycles. The Kier molecular flexibility index (Phi) is 9.73. The predicted molar refractivity (Wildman–Crippen MR) is 167 cm³/mol. The summed E-state index contributed by atoms with van der Waals surface area (Å²) < 4.78 is 29.5. The van der Waals surface area contributed by atoms with Gasteiger partial charge >= 0.3 is 5.97 Å². The van der Waals surface area contributed by atoms with Crippen molar-refractivity contribution in [2.45, 2.75) is 173 Å². The highest BCUT2D eigenvalue weighted by atomic mass is 16.8. The molecule has 0 aromatic rings. The summed E-state index contributed by atoms with van der Waals surface area (Å²) in [5, 5.41) is 44.0. The van der Waals surface area contributed by atoms with Crippen LogP contribution in [0.2, 0.25) is 0 Å². The minimum absolute atomic E-state index is 0.00391. The van der Waals surface area contributed by atoms with E-state index in [1.165, 1.54) is 19.3 Å². The summed E-state index contributed by atoms with van der Waals surface area (Å²) >= 11 is 0.